The highest BCUT2D eigenvalue weighted by Gasteiger charge is 2.61. The molecule has 1 amide bonds. The number of hydrogen-bond donors (Lipinski definition) is 2. The van der Waals surface area contributed by atoms with Crippen LogP contribution >= 0.6 is 0 Å². The van der Waals surface area contributed by atoms with Crippen molar-refractivity contribution in [3.63, 3.8) is 0 Å². The van der Waals surface area contributed by atoms with Crippen LogP contribution in [0.2, 0.25) is 0 Å². The van der Waals surface area contributed by atoms with Gasteiger partial charge in [0, 0.05) is 24.4 Å². The number of carbonyl (C=O) groups excluding carboxylic acids is 1. The zero-order valence-corrected chi connectivity index (χ0v) is 11.0. The molecule has 0 aromatic rings. The Morgan fingerprint density at radius 3 is 2.53 bits per heavy atom. The van der Waals surface area contributed by atoms with Gasteiger partial charge >= 0.3 is 0 Å². The van der Waals surface area contributed by atoms with Crippen LogP contribution in [0.5, 0.6) is 0 Å². The minimum atomic E-state index is -0.494. The molecule has 2 saturated carbocycles. The monoisotopic (exact) mass is 241 g/mol. The van der Waals surface area contributed by atoms with E-state index in [2.05, 4.69) is 19.2 Å². The minimum absolute atomic E-state index is 0.0119. The minimum Gasteiger partial charge on any atom is -0.394 e. The number of ether oxygens (including phenoxy) is 1. The SMILES string of the molecule is CCO[C@H]1C[C@@](CO)(NC(=O)C2CC2)C1(C)C. The van der Waals surface area contributed by atoms with Gasteiger partial charge < -0.3 is 15.2 Å². The third kappa shape index (κ3) is 1.97. The Balaban J connectivity index is 2.03. The van der Waals surface area contributed by atoms with Crippen molar-refractivity contribution in [2.75, 3.05) is 13.2 Å². The van der Waals surface area contributed by atoms with Crippen LogP contribution in [0.4, 0.5) is 0 Å². The van der Waals surface area contributed by atoms with E-state index in [1.54, 1.807) is 0 Å². The van der Waals surface area contributed by atoms with E-state index < -0.39 is 5.54 Å². The largest absolute Gasteiger partial charge is 0.394 e. The zero-order chi connectivity index (χ0) is 12.7. The molecule has 2 rings (SSSR count). The summed E-state index contributed by atoms with van der Waals surface area (Å²) in [4.78, 5) is 11.9. The molecular weight excluding hydrogens is 218 g/mol. The summed E-state index contributed by atoms with van der Waals surface area (Å²) in [5.74, 6) is 0.280. The first-order valence-corrected chi connectivity index (χ1v) is 6.51. The second kappa shape index (κ2) is 4.25. The maximum Gasteiger partial charge on any atom is 0.223 e. The van der Waals surface area contributed by atoms with Gasteiger partial charge in [-0.3, -0.25) is 4.79 Å². The van der Waals surface area contributed by atoms with Crippen molar-refractivity contribution in [1.82, 2.24) is 5.32 Å². The fourth-order valence-corrected chi connectivity index (χ4v) is 2.68. The van der Waals surface area contributed by atoms with Gasteiger partial charge in [-0.05, 0) is 19.8 Å². The van der Waals surface area contributed by atoms with E-state index in [-0.39, 0.29) is 30.0 Å². The molecular formula is C13H23NO3. The van der Waals surface area contributed by atoms with E-state index in [9.17, 15) is 9.90 Å². The molecule has 0 radical (unpaired) electrons. The smallest absolute Gasteiger partial charge is 0.223 e. The van der Waals surface area contributed by atoms with Gasteiger partial charge in [0.25, 0.3) is 0 Å². The van der Waals surface area contributed by atoms with Gasteiger partial charge in [-0.15, -0.1) is 0 Å². The first-order chi connectivity index (χ1) is 7.97. The van der Waals surface area contributed by atoms with Crippen LogP contribution in [0.3, 0.4) is 0 Å². The van der Waals surface area contributed by atoms with E-state index >= 15 is 0 Å². The molecule has 0 bridgehead atoms. The van der Waals surface area contributed by atoms with Crippen LogP contribution in [-0.4, -0.2) is 35.9 Å². The zero-order valence-electron chi connectivity index (χ0n) is 11.0. The van der Waals surface area contributed by atoms with E-state index in [4.69, 9.17) is 4.74 Å². The Kier molecular flexibility index (Phi) is 3.21. The van der Waals surface area contributed by atoms with Crippen LogP contribution in [0.1, 0.15) is 40.0 Å². The molecule has 2 aliphatic rings. The fourth-order valence-electron chi connectivity index (χ4n) is 2.68. The van der Waals surface area contributed by atoms with Crippen LogP contribution in [0.25, 0.3) is 0 Å². The predicted octanol–water partition coefficient (Wildman–Crippen LogP) is 1.08. The van der Waals surface area contributed by atoms with E-state index in [1.165, 1.54) is 0 Å². The van der Waals surface area contributed by atoms with E-state index in [0.717, 1.165) is 12.8 Å². The van der Waals surface area contributed by atoms with Crippen molar-refractivity contribution < 1.29 is 14.6 Å². The average molecular weight is 241 g/mol. The number of amides is 1. The molecule has 0 unspecified atom stereocenters. The summed E-state index contributed by atoms with van der Waals surface area (Å²) >= 11 is 0. The molecule has 4 nitrogen and oxygen atoms in total. The van der Waals surface area contributed by atoms with Gasteiger partial charge in [0.1, 0.15) is 0 Å². The van der Waals surface area contributed by atoms with Crippen molar-refractivity contribution in [3.05, 3.63) is 0 Å². The molecule has 98 valence electrons. The van der Waals surface area contributed by atoms with Crippen LogP contribution in [0.15, 0.2) is 0 Å². The molecule has 0 spiro atoms. The lowest BCUT2D eigenvalue weighted by atomic mass is 9.54. The van der Waals surface area contributed by atoms with Gasteiger partial charge in [0.15, 0.2) is 0 Å². The molecule has 0 heterocycles. The fraction of sp³-hybridized carbons (Fsp3) is 0.923. The third-order valence-electron chi connectivity index (χ3n) is 4.52. The van der Waals surface area contributed by atoms with Crippen molar-refractivity contribution in [1.29, 1.82) is 0 Å². The quantitative estimate of drug-likeness (QED) is 0.757. The number of nitrogens with one attached hydrogen (secondary N) is 1. The summed E-state index contributed by atoms with van der Waals surface area (Å²) in [7, 11) is 0. The second-order valence-corrected chi connectivity index (χ2v) is 5.87. The lowest BCUT2D eigenvalue weighted by Crippen LogP contribution is -2.74. The maximum atomic E-state index is 11.9. The molecule has 4 heteroatoms. The van der Waals surface area contributed by atoms with Gasteiger partial charge in [0.2, 0.25) is 5.91 Å². The van der Waals surface area contributed by atoms with Crippen molar-refractivity contribution in [2.24, 2.45) is 11.3 Å². The lowest BCUT2D eigenvalue weighted by molar-refractivity contribution is -0.181. The number of aliphatic hydroxyl groups excluding tert-OH is 1. The normalized spacial score (nSPS) is 35.2. The summed E-state index contributed by atoms with van der Waals surface area (Å²) in [5, 5.41) is 12.7. The number of hydrogen-bond acceptors (Lipinski definition) is 3. The van der Waals surface area contributed by atoms with Crippen molar-refractivity contribution in [2.45, 2.75) is 51.7 Å². The van der Waals surface area contributed by atoms with Gasteiger partial charge in [-0.25, -0.2) is 0 Å². The third-order valence-corrected chi connectivity index (χ3v) is 4.52. The maximum absolute atomic E-state index is 11.9. The molecule has 17 heavy (non-hydrogen) atoms. The predicted molar refractivity (Wildman–Crippen MR) is 64.5 cm³/mol. The first-order valence-electron chi connectivity index (χ1n) is 6.51. The lowest BCUT2D eigenvalue weighted by Gasteiger charge is -2.60. The van der Waals surface area contributed by atoms with Gasteiger partial charge in [0.05, 0.1) is 18.2 Å². The van der Waals surface area contributed by atoms with Gasteiger partial charge in [-0.1, -0.05) is 13.8 Å². The van der Waals surface area contributed by atoms with Crippen LogP contribution in [-0.2, 0) is 9.53 Å². The Bertz CT molecular complexity index is 312. The topological polar surface area (TPSA) is 58.6 Å². The summed E-state index contributed by atoms with van der Waals surface area (Å²) in [6.45, 7) is 6.74. The summed E-state index contributed by atoms with van der Waals surface area (Å²) < 4.78 is 5.65. The molecule has 0 aromatic heterocycles. The number of aliphatic hydroxyl groups is 1. The molecule has 2 aliphatic carbocycles. The van der Waals surface area contributed by atoms with Gasteiger partial charge in [-0.2, -0.15) is 0 Å². The Morgan fingerprint density at radius 2 is 2.12 bits per heavy atom. The Morgan fingerprint density at radius 1 is 1.47 bits per heavy atom. The molecule has 2 fully saturated rings. The second-order valence-electron chi connectivity index (χ2n) is 5.87. The van der Waals surface area contributed by atoms with Crippen LogP contribution in [0, 0.1) is 11.3 Å². The first kappa shape index (κ1) is 12.8. The summed E-state index contributed by atoms with van der Waals surface area (Å²) in [6, 6.07) is 0. The van der Waals surface area contributed by atoms with E-state index in [1.807, 2.05) is 6.92 Å². The highest BCUT2D eigenvalue weighted by Crippen LogP contribution is 2.51. The van der Waals surface area contributed by atoms with Crippen molar-refractivity contribution >= 4 is 5.91 Å². The summed E-state index contributed by atoms with van der Waals surface area (Å²) in [5.41, 5.74) is -0.700. The Hall–Kier alpha value is -0.610. The number of rotatable bonds is 5. The Labute approximate surface area is 103 Å². The molecule has 0 saturated heterocycles. The summed E-state index contributed by atoms with van der Waals surface area (Å²) in [6.07, 6.45) is 2.81. The molecule has 2 atom stereocenters. The van der Waals surface area contributed by atoms with Crippen molar-refractivity contribution in [3.8, 4) is 0 Å². The molecule has 0 aromatic carbocycles. The van der Waals surface area contributed by atoms with E-state index in [0.29, 0.717) is 13.0 Å². The highest BCUT2D eigenvalue weighted by molar-refractivity contribution is 5.82. The standard InChI is InChI=1S/C13H23NO3/c1-4-17-10-7-13(8-15,12(10,2)3)14-11(16)9-5-6-9/h9-10,15H,4-8H2,1-3H3,(H,14,16)/t10-,13-/m0/s1. The highest BCUT2D eigenvalue weighted by atomic mass is 16.5. The average Bonchev–Trinajstić information content (AvgIpc) is 3.10. The number of carbonyl (C=O) groups is 1. The van der Waals surface area contributed by atoms with Crippen LogP contribution < -0.4 is 5.32 Å². The molecule has 2 N–H and O–H groups in total. The molecule has 0 aliphatic heterocycles.